The van der Waals surface area contributed by atoms with E-state index in [-0.39, 0.29) is 5.03 Å². The van der Waals surface area contributed by atoms with E-state index in [4.69, 9.17) is 5.73 Å². The Bertz CT molecular complexity index is 504. The van der Waals surface area contributed by atoms with Gasteiger partial charge in [-0.2, -0.15) is 4.31 Å². The van der Waals surface area contributed by atoms with Crippen molar-refractivity contribution in [2.45, 2.75) is 24.8 Å². The molecule has 7 heteroatoms. The lowest BCUT2D eigenvalue weighted by Crippen LogP contribution is -2.29. The number of nitrogens with zero attached hydrogens (tertiary/aromatic N) is 3. The molecule has 1 fully saturated rings. The minimum atomic E-state index is -3.43. The summed E-state index contributed by atoms with van der Waals surface area (Å²) in [6, 6.07) is 0. The van der Waals surface area contributed by atoms with Gasteiger partial charge in [0.25, 0.3) is 10.0 Å². The molecule has 0 bridgehead atoms. The Morgan fingerprint density at radius 2 is 2.28 bits per heavy atom. The van der Waals surface area contributed by atoms with Crippen molar-refractivity contribution in [1.29, 1.82) is 0 Å². The SMILES string of the molecule is Cc1nc(S(=O)(=O)N2CCC(CCN)C2)cn1C. The molecule has 2 rings (SSSR count). The van der Waals surface area contributed by atoms with Crippen molar-refractivity contribution < 1.29 is 8.42 Å². The molecule has 18 heavy (non-hydrogen) atoms. The molecule has 0 spiro atoms. The predicted molar refractivity (Wildman–Crippen MR) is 68.5 cm³/mol. The van der Waals surface area contributed by atoms with E-state index in [9.17, 15) is 8.42 Å². The summed E-state index contributed by atoms with van der Waals surface area (Å²) in [4.78, 5) is 4.11. The van der Waals surface area contributed by atoms with Crippen molar-refractivity contribution >= 4 is 10.0 Å². The molecule has 0 amide bonds. The number of aryl methyl sites for hydroxylation is 2. The van der Waals surface area contributed by atoms with E-state index in [1.54, 1.807) is 24.7 Å². The van der Waals surface area contributed by atoms with Gasteiger partial charge in [-0.1, -0.05) is 0 Å². The van der Waals surface area contributed by atoms with Crippen LogP contribution in [0.25, 0.3) is 0 Å². The summed E-state index contributed by atoms with van der Waals surface area (Å²) in [6.07, 6.45) is 3.34. The third-order valence-electron chi connectivity index (χ3n) is 3.51. The summed E-state index contributed by atoms with van der Waals surface area (Å²) >= 11 is 0. The molecule has 0 aromatic carbocycles. The smallest absolute Gasteiger partial charge is 0.262 e. The van der Waals surface area contributed by atoms with Gasteiger partial charge in [0.05, 0.1) is 0 Å². The number of hydrogen-bond acceptors (Lipinski definition) is 4. The first-order valence-corrected chi connectivity index (χ1v) is 7.59. The second-order valence-corrected chi connectivity index (χ2v) is 6.72. The average Bonchev–Trinajstić information content (AvgIpc) is 2.88. The molecule has 1 saturated heterocycles. The van der Waals surface area contributed by atoms with E-state index in [0.717, 1.165) is 12.8 Å². The molecule has 1 unspecified atom stereocenters. The minimum absolute atomic E-state index is 0.149. The molecule has 1 atom stereocenters. The van der Waals surface area contributed by atoms with Gasteiger partial charge in [-0.3, -0.25) is 0 Å². The molecule has 0 saturated carbocycles. The Labute approximate surface area is 108 Å². The maximum Gasteiger partial charge on any atom is 0.262 e. The lowest BCUT2D eigenvalue weighted by atomic mass is 10.1. The second kappa shape index (κ2) is 4.99. The van der Waals surface area contributed by atoms with Gasteiger partial charge >= 0.3 is 0 Å². The number of aromatic nitrogens is 2. The quantitative estimate of drug-likeness (QED) is 0.842. The van der Waals surface area contributed by atoms with Gasteiger partial charge in [0, 0.05) is 26.3 Å². The highest BCUT2D eigenvalue weighted by molar-refractivity contribution is 7.89. The molecule has 2 heterocycles. The molecule has 0 radical (unpaired) electrons. The molecule has 6 nitrogen and oxygen atoms in total. The molecule has 1 aliphatic heterocycles. The summed E-state index contributed by atoms with van der Waals surface area (Å²) in [5, 5.41) is 0.149. The lowest BCUT2D eigenvalue weighted by molar-refractivity contribution is 0.447. The zero-order valence-electron chi connectivity index (χ0n) is 10.8. The Balaban J connectivity index is 2.17. The van der Waals surface area contributed by atoms with Crippen molar-refractivity contribution in [3.05, 3.63) is 12.0 Å². The van der Waals surface area contributed by atoms with Crippen LogP contribution in [0.5, 0.6) is 0 Å². The fourth-order valence-corrected chi connectivity index (χ4v) is 3.83. The highest BCUT2D eigenvalue weighted by Gasteiger charge is 2.33. The zero-order chi connectivity index (χ0) is 13.3. The topological polar surface area (TPSA) is 81.2 Å². The Kier molecular flexibility index (Phi) is 3.74. The number of rotatable bonds is 4. The minimum Gasteiger partial charge on any atom is -0.337 e. The first-order chi connectivity index (χ1) is 8.45. The third kappa shape index (κ3) is 2.43. The van der Waals surface area contributed by atoms with Crippen molar-refractivity contribution in [2.24, 2.45) is 18.7 Å². The standard InChI is InChI=1S/C11H20N4O2S/c1-9-13-11(8-14(9)2)18(16,17)15-6-4-10(7-15)3-5-12/h8,10H,3-7,12H2,1-2H3. The molecule has 1 aliphatic rings. The van der Waals surface area contributed by atoms with E-state index < -0.39 is 10.0 Å². The molecule has 2 N–H and O–H groups in total. The molecule has 102 valence electrons. The highest BCUT2D eigenvalue weighted by Crippen LogP contribution is 2.25. The van der Waals surface area contributed by atoms with Crippen LogP contribution in [-0.4, -0.2) is 41.9 Å². The van der Waals surface area contributed by atoms with Crippen LogP contribution < -0.4 is 5.73 Å². The monoisotopic (exact) mass is 272 g/mol. The van der Waals surface area contributed by atoms with Crippen molar-refractivity contribution in [1.82, 2.24) is 13.9 Å². The van der Waals surface area contributed by atoms with Gasteiger partial charge < -0.3 is 10.3 Å². The van der Waals surface area contributed by atoms with Gasteiger partial charge in [-0.15, -0.1) is 0 Å². The average molecular weight is 272 g/mol. The van der Waals surface area contributed by atoms with Crippen LogP contribution in [0.4, 0.5) is 0 Å². The summed E-state index contributed by atoms with van der Waals surface area (Å²) in [5.41, 5.74) is 5.51. The van der Waals surface area contributed by atoms with Gasteiger partial charge in [-0.05, 0) is 32.2 Å². The Morgan fingerprint density at radius 1 is 1.56 bits per heavy atom. The van der Waals surface area contributed by atoms with Crippen LogP contribution in [0.15, 0.2) is 11.2 Å². The summed E-state index contributed by atoms with van der Waals surface area (Å²) in [7, 11) is -1.64. The third-order valence-corrected chi connectivity index (χ3v) is 5.25. The number of sulfonamides is 1. The number of imidazole rings is 1. The van der Waals surface area contributed by atoms with Crippen LogP contribution in [0.1, 0.15) is 18.7 Å². The van der Waals surface area contributed by atoms with E-state index in [2.05, 4.69) is 4.98 Å². The van der Waals surface area contributed by atoms with E-state index in [1.165, 1.54) is 4.31 Å². The number of hydrogen-bond donors (Lipinski definition) is 1. The van der Waals surface area contributed by atoms with E-state index in [1.807, 2.05) is 0 Å². The van der Waals surface area contributed by atoms with Crippen LogP contribution in [0.2, 0.25) is 0 Å². The Hall–Kier alpha value is -0.920. The first kappa shape index (κ1) is 13.5. The van der Waals surface area contributed by atoms with Crippen molar-refractivity contribution in [3.8, 4) is 0 Å². The zero-order valence-corrected chi connectivity index (χ0v) is 11.7. The molecular formula is C11H20N4O2S. The largest absolute Gasteiger partial charge is 0.337 e. The van der Waals surface area contributed by atoms with Gasteiger partial charge in [0.2, 0.25) is 0 Å². The van der Waals surface area contributed by atoms with Crippen molar-refractivity contribution in [2.75, 3.05) is 19.6 Å². The summed E-state index contributed by atoms with van der Waals surface area (Å²) < 4.78 is 28.0. The summed E-state index contributed by atoms with van der Waals surface area (Å²) in [5.74, 6) is 1.08. The maximum atomic E-state index is 12.4. The summed E-state index contributed by atoms with van der Waals surface area (Å²) in [6.45, 7) is 3.54. The normalized spacial score (nSPS) is 21.6. The predicted octanol–water partition coefficient (Wildman–Crippen LogP) is 0.0879. The fraction of sp³-hybridized carbons (Fsp3) is 0.727. The lowest BCUT2D eigenvalue weighted by Gasteiger charge is -2.14. The van der Waals surface area contributed by atoms with E-state index in [0.29, 0.717) is 31.4 Å². The van der Waals surface area contributed by atoms with Gasteiger partial charge in [-0.25, -0.2) is 13.4 Å². The van der Waals surface area contributed by atoms with Crippen LogP contribution in [0, 0.1) is 12.8 Å². The molecule has 0 aliphatic carbocycles. The molecule has 1 aromatic rings. The second-order valence-electron chi connectivity index (χ2n) is 4.83. The van der Waals surface area contributed by atoms with Gasteiger partial charge in [0.15, 0.2) is 5.03 Å². The van der Waals surface area contributed by atoms with Crippen molar-refractivity contribution in [3.63, 3.8) is 0 Å². The van der Waals surface area contributed by atoms with Crippen LogP contribution in [-0.2, 0) is 17.1 Å². The molecule has 1 aromatic heterocycles. The fourth-order valence-electron chi connectivity index (χ4n) is 2.27. The maximum absolute atomic E-state index is 12.4. The van der Waals surface area contributed by atoms with E-state index >= 15 is 0 Å². The van der Waals surface area contributed by atoms with Crippen LogP contribution >= 0.6 is 0 Å². The molecular weight excluding hydrogens is 252 g/mol. The van der Waals surface area contributed by atoms with Crippen LogP contribution in [0.3, 0.4) is 0 Å². The highest BCUT2D eigenvalue weighted by atomic mass is 32.2. The first-order valence-electron chi connectivity index (χ1n) is 6.15. The van der Waals surface area contributed by atoms with Gasteiger partial charge in [0.1, 0.15) is 5.82 Å². The number of nitrogens with two attached hydrogens (primary N) is 1. The Morgan fingerprint density at radius 3 is 2.83 bits per heavy atom.